The highest BCUT2D eigenvalue weighted by Crippen LogP contribution is 2.35. The van der Waals surface area contributed by atoms with Crippen LogP contribution in [0, 0.1) is 0 Å². The number of carbonyl (C=O) groups is 1. The molecule has 4 nitrogen and oxygen atoms in total. The van der Waals surface area contributed by atoms with E-state index in [1.165, 1.54) is 0 Å². The summed E-state index contributed by atoms with van der Waals surface area (Å²) in [6, 6.07) is 3.85. The summed E-state index contributed by atoms with van der Waals surface area (Å²) < 4.78 is 5.50. The van der Waals surface area contributed by atoms with E-state index in [-0.39, 0.29) is 11.3 Å². The molecule has 0 radical (unpaired) electrons. The third-order valence-electron chi connectivity index (χ3n) is 3.40. The third-order valence-corrected chi connectivity index (χ3v) is 3.40. The molecule has 0 bridgehead atoms. The summed E-state index contributed by atoms with van der Waals surface area (Å²) in [6.07, 6.45) is 3.15. The van der Waals surface area contributed by atoms with E-state index in [1.807, 2.05) is 26.2 Å². The fourth-order valence-corrected chi connectivity index (χ4v) is 2.39. The minimum Gasteiger partial charge on any atom is -0.469 e. The van der Waals surface area contributed by atoms with Gasteiger partial charge in [-0.25, -0.2) is 0 Å². The zero-order valence-electron chi connectivity index (χ0n) is 9.82. The molecule has 88 valence electrons. The maximum absolute atomic E-state index is 11.8. The van der Waals surface area contributed by atoms with Crippen LogP contribution < -0.4 is 5.32 Å². The average Bonchev–Trinajstić information content (AvgIpc) is 2.78. The second-order valence-corrected chi connectivity index (χ2v) is 4.53. The molecule has 2 rings (SSSR count). The number of piperidine rings is 1. The van der Waals surface area contributed by atoms with Crippen LogP contribution in [0.3, 0.4) is 0 Å². The Morgan fingerprint density at radius 2 is 2.44 bits per heavy atom. The minimum atomic E-state index is -0.165. The first-order valence-electron chi connectivity index (χ1n) is 5.60. The molecule has 1 amide bonds. The van der Waals surface area contributed by atoms with E-state index in [9.17, 15) is 4.79 Å². The molecule has 1 fully saturated rings. The lowest BCUT2D eigenvalue weighted by molar-refractivity contribution is -0.134. The molecule has 1 aromatic rings. The van der Waals surface area contributed by atoms with Gasteiger partial charge in [-0.2, -0.15) is 0 Å². The molecule has 1 aliphatic rings. The fraction of sp³-hybridized carbons (Fsp3) is 0.583. The maximum Gasteiger partial charge on any atom is 0.223 e. The summed E-state index contributed by atoms with van der Waals surface area (Å²) in [6.45, 7) is 1.57. The van der Waals surface area contributed by atoms with Gasteiger partial charge >= 0.3 is 0 Å². The second-order valence-electron chi connectivity index (χ2n) is 4.53. The monoisotopic (exact) mass is 222 g/mol. The summed E-state index contributed by atoms with van der Waals surface area (Å²) in [4.78, 5) is 13.6. The standard InChI is InChI=1S/C12H18N2O2/c1-13-9-12(10-4-3-7-16-10)5-6-14(2)11(15)8-12/h3-4,7,13H,5-6,8-9H2,1-2H3. The van der Waals surface area contributed by atoms with Crippen molar-refractivity contribution in [1.29, 1.82) is 0 Å². The molecule has 16 heavy (non-hydrogen) atoms. The summed E-state index contributed by atoms with van der Waals surface area (Å²) in [5.74, 6) is 1.11. The lowest BCUT2D eigenvalue weighted by atomic mass is 9.76. The number of carbonyl (C=O) groups excluding carboxylic acids is 1. The molecule has 4 heteroatoms. The van der Waals surface area contributed by atoms with Crippen molar-refractivity contribution >= 4 is 5.91 Å². The van der Waals surface area contributed by atoms with Crippen LogP contribution in [0.2, 0.25) is 0 Å². The van der Waals surface area contributed by atoms with Crippen molar-refractivity contribution in [1.82, 2.24) is 10.2 Å². The van der Waals surface area contributed by atoms with Gasteiger partial charge < -0.3 is 14.6 Å². The molecule has 1 saturated heterocycles. The zero-order chi connectivity index (χ0) is 11.6. The zero-order valence-corrected chi connectivity index (χ0v) is 9.82. The lowest BCUT2D eigenvalue weighted by Crippen LogP contribution is -2.48. The summed E-state index contributed by atoms with van der Waals surface area (Å²) in [5.41, 5.74) is -0.165. The van der Waals surface area contributed by atoms with Crippen LogP contribution in [-0.2, 0) is 10.2 Å². The Morgan fingerprint density at radius 1 is 1.62 bits per heavy atom. The topological polar surface area (TPSA) is 45.5 Å². The van der Waals surface area contributed by atoms with Crippen LogP contribution in [0.15, 0.2) is 22.8 Å². The van der Waals surface area contributed by atoms with E-state index in [0.29, 0.717) is 6.42 Å². The Hall–Kier alpha value is -1.29. The van der Waals surface area contributed by atoms with Crippen LogP contribution in [0.25, 0.3) is 0 Å². The van der Waals surface area contributed by atoms with Crippen molar-refractivity contribution in [3.63, 3.8) is 0 Å². The highest BCUT2D eigenvalue weighted by Gasteiger charge is 2.40. The van der Waals surface area contributed by atoms with Crippen LogP contribution in [0.1, 0.15) is 18.6 Å². The normalized spacial score (nSPS) is 26.1. The van der Waals surface area contributed by atoms with E-state index in [2.05, 4.69) is 5.32 Å². The number of likely N-dealkylation sites (tertiary alicyclic amines) is 1. The molecule has 0 aromatic carbocycles. The van der Waals surface area contributed by atoms with E-state index in [1.54, 1.807) is 11.2 Å². The summed E-state index contributed by atoms with van der Waals surface area (Å²) in [7, 11) is 3.77. The lowest BCUT2D eigenvalue weighted by Gasteiger charge is -2.38. The number of hydrogen-bond acceptors (Lipinski definition) is 3. The fourth-order valence-electron chi connectivity index (χ4n) is 2.39. The molecule has 1 aromatic heterocycles. The minimum absolute atomic E-state index is 0.165. The molecule has 0 saturated carbocycles. The van der Waals surface area contributed by atoms with Crippen molar-refractivity contribution in [3.8, 4) is 0 Å². The molecule has 2 heterocycles. The predicted octanol–water partition coefficient (Wildman–Crippen LogP) is 0.989. The van der Waals surface area contributed by atoms with Crippen molar-refractivity contribution in [2.45, 2.75) is 18.3 Å². The van der Waals surface area contributed by atoms with Gasteiger partial charge in [0.25, 0.3) is 0 Å². The van der Waals surface area contributed by atoms with Gasteiger partial charge in [-0.05, 0) is 25.6 Å². The number of nitrogens with zero attached hydrogens (tertiary/aromatic N) is 1. The Morgan fingerprint density at radius 3 is 3.00 bits per heavy atom. The Kier molecular flexibility index (Phi) is 3.01. The van der Waals surface area contributed by atoms with Crippen LogP contribution in [0.4, 0.5) is 0 Å². The quantitative estimate of drug-likeness (QED) is 0.829. The van der Waals surface area contributed by atoms with E-state index < -0.39 is 0 Å². The van der Waals surface area contributed by atoms with Gasteiger partial charge in [0.1, 0.15) is 5.76 Å². The largest absolute Gasteiger partial charge is 0.469 e. The Balaban J connectivity index is 2.26. The SMILES string of the molecule is CNCC1(c2ccco2)CCN(C)C(=O)C1. The smallest absolute Gasteiger partial charge is 0.223 e. The number of nitrogens with one attached hydrogen (secondary N) is 1. The van der Waals surface area contributed by atoms with Gasteiger partial charge in [0, 0.05) is 26.6 Å². The van der Waals surface area contributed by atoms with Crippen LogP contribution in [0.5, 0.6) is 0 Å². The number of likely N-dealkylation sites (N-methyl/N-ethyl adjacent to an activating group) is 1. The van der Waals surface area contributed by atoms with Gasteiger partial charge in [-0.15, -0.1) is 0 Å². The first kappa shape index (κ1) is 11.2. The van der Waals surface area contributed by atoms with Gasteiger partial charge in [0.15, 0.2) is 0 Å². The maximum atomic E-state index is 11.8. The van der Waals surface area contributed by atoms with Crippen molar-refractivity contribution < 1.29 is 9.21 Å². The van der Waals surface area contributed by atoms with Crippen molar-refractivity contribution in [3.05, 3.63) is 24.2 Å². The first-order valence-corrected chi connectivity index (χ1v) is 5.60. The van der Waals surface area contributed by atoms with Crippen molar-refractivity contribution in [2.24, 2.45) is 0 Å². The molecular weight excluding hydrogens is 204 g/mol. The Labute approximate surface area is 95.6 Å². The second kappa shape index (κ2) is 4.29. The number of amides is 1. The molecule has 1 N–H and O–H groups in total. The van der Waals surface area contributed by atoms with Gasteiger partial charge in [0.2, 0.25) is 5.91 Å². The number of hydrogen-bond donors (Lipinski definition) is 1. The first-order chi connectivity index (χ1) is 7.68. The van der Waals surface area contributed by atoms with Crippen LogP contribution in [-0.4, -0.2) is 38.0 Å². The summed E-state index contributed by atoms with van der Waals surface area (Å²) in [5, 5.41) is 3.17. The van der Waals surface area contributed by atoms with Crippen molar-refractivity contribution in [2.75, 3.05) is 27.2 Å². The van der Waals surface area contributed by atoms with E-state index in [0.717, 1.165) is 25.3 Å². The number of rotatable bonds is 3. The summed E-state index contributed by atoms with van der Waals surface area (Å²) >= 11 is 0. The predicted molar refractivity (Wildman–Crippen MR) is 61.2 cm³/mol. The van der Waals surface area contributed by atoms with Gasteiger partial charge in [0.05, 0.1) is 11.7 Å². The molecular formula is C12H18N2O2. The number of furan rings is 1. The highest BCUT2D eigenvalue weighted by molar-refractivity contribution is 5.78. The van der Waals surface area contributed by atoms with E-state index in [4.69, 9.17) is 4.42 Å². The van der Waals surface area contributed by atoms with Crippen LogP contribution >= 0.6 is 0 Å². The molecule has 1 unspecified atom stereocenters. The highest BCUT2D eigenvalue weighted by atomic mass is 16.3. The molecule has 1 aliphatic heterocycles. The van der Waals surface area contributed by atoms with E-state index >= 15 is 0 Å². The van der Waals surface area contributed by atoms with Gasteiger partial charge in [-0.3, -0.25) is 4.79 Å². The third kappa shape index (κ3) is 1.85. The Bertz CT molecular complexity index is 361. The molecule has 1 atom stereocenters. The molecule has 0 aliphatic carbocycles. The average molecular weight is 222 g/mol. The molecule has 0 spiro atoms. The van der Waals surface area contributed by atoms with Gasteiger partial charge in [-0.1, -0.05) is 0 Å².